The van der Waals surface area contributed by atoms with Crippen LogP contribution < -0.4 is 0 Å². The van der Waals surface area contributed by atoms with Crippen LogP contribution in [0.25, 0.3) is 0 Å². The fraction of sp³-hybridized carbons (Fsp3) is 0.933. The van der Waals surface area contributed by atoms with E-state index in [-0.39, 0.29) is 17.8 Å². The number of aliphatic hydroxyl groups is 1. The van der Waals surface area contributed by atoms with Gasteiger partial charge in [-0.1, -0.05) is 20.3 Å². The normalized spacial score (nSPS) is 34.4. The van der Waals surface area contributed by atoms with E-state index in [1.54, 1.807) is 0 Å². The molecular formula is C15H26O3. The third-order valence-corrected chi connectivity index (χ3v) is 4.79. The van der Waals surface area contributed by atoms with Crippen LogP contribution in [0.5, 0.6) is 0 Å². The molecule has 104 valence electrons. The van der Waals surface area contributed by atoms with Gasteiger partial charge >= 0.3 is 5.97 Å². The molecule has 0 amide bonds. The fourth-order valence-electron chi connectivity index (χ4n) is 3.82. The Bertz CT molecular complexity index is 309. The smallest absolute Gasteiger partial charge is 0.311 e. The average Bonchev–Trinajstić information content (AvgIpc) is 3.11. The van der Waals surface area contributed by atoms with Gasteiger partial charge in [0.25, 0.3) is 0 Å². The Morgan fingerprint density at radius 3 is 2.44 bits per heavy atom. The van der Waals surface area contributed by atoms with Gasteiger partial charge in [-0.25, -0.2) is 0 Å². The summed E-state index contributed by atoms with van der Waals surface area (Å²) in [6, 6.07) is 0. The van der Waals surface area contributed by atoms with Crippen LogP contribution in [0.3, 0.4) is 0 Å². The maximum Gasteiger partial charge on any atom is 0.311 e. The minimum absolute atomic E-state index is 0.125. The molecule has 0 spiro atoms. The van der Waals surface area contributed by atoms with E-state index >= 15 is 0 Å². The highest BCUT2D eigenvalue weighted by Gasteiger charge is 2.49. The van der Waals surface area contributed by atoms with Crippen LogP contribution in [-0.2, 0) is 9.53 Å². The lowest BCUT2D eigenvalue weighted by molar-refractivity contribution is -0.164. The zero-order valence-corrected chi connectivity index (χ0v) is 11.8. The lowest BCUT2D eigenvalue weighted by atomic mass is 9.67. The maximum atomic E-state index is 12.0. The van der Waals surface area contributed by atoms with Crippen molar-refractivity contribution in [2.75, 3.05) is 7.11 Å². The highest BCUT2D eigenvalue weighted by molar-refractivity contribution is 5.74. The topological polar surface area (TPSA) is 46.5 Å². The monoisotopic (exact) mass is 254 g/mol. The van der Waals surface area contributed by atoms with Gasteiger partial charge in [0, 0.05) is 0 Å². The second-order valence-corrected chi connectivity index (χ2v) is 6.54. The Balaban J connectivity index is 2.12. The quantitative estimate of drug-likeness (QED) is 0.785. The summed E-state index contributed by atoms with van der Waals surface area (Å²) in [5.41, 5.74) is -0.841. The van der Waals surface area contributed by atoms with E-state index in [0.717, 1.165) is 25.2 Å². The molecule has 0 saturated heterocycles. The zero-order valence-electron chi connectivity index (χ0n) is 11.8. The summed E-state index contributed by atoms with van der Waals surface area (Å²) in [5.74, 6) is 0.936. The van der Waals surface area contributed by atoms with E-state index in [4.69, 9.17) is 4.74 Å². The molecule has 2 aliphatic carbocycles. The van der Waals surface area contributed by atoms with E-state index in [9.17, 15) is 9.90 Å². The molecule has 0 bridgehead atoms. The minimum atomic E-state index is -0.841. The Hall–Kier alpha value is -0.570. The van der Waals surface area contributed by atoms with Gasteiger partial charge in [0.05, 0.1) is 18.6 Å². The van der Waals surface area contributed by atoms with E-state index in [0.29, 0.717) is 5.92 Å². The molecule has 0 aliphatic heterocycles. The summed E-state index contributed by atoms with van der Waals surface area (Å²) >= 11 is 0. The van der Waals surface area contributed by atoms with Gasteiger partial charge < -0.3 is 9.84 Å². The number of carbonyl (C=O) groups is 1. The third kappa shape index (κ3) is 2.71. The zero-order chi connectivity index (χ0) is 13.3. The molecule has 18 heavy (non-hydrogen) atoms. The van der Waals surface area contributed by atoms with Crippen molar-refractivity contribution in [1.29, 1.82) is 0 Å². The largest absolute Gasteiger partial charge is 0.469 e. The van der Waals surface area contributed by atoms with Gasteiger partial charge in [0.1, 0.15) is 0 Å². The molecule has 3 heteroatoms. The predicted octanol–water partition coefficient (Wildman–Crippen LogP) is 2.76. The van der Waals surface area contributed by atoms with Gasteiger partial charge in [0.15, 0.2) is 0 Å². The van der Waals surface area contributed by atoms with Crippen LogP contribution >= 0.6 is 0 Å². The Labute approximate surface area is 110 Å². The maximum absolute atomic E-state index is 12.0. The van der Waals surface area contributed by atoms with E-state index in [1.165, 1.54) is 26.4 Å². The summed E-state index contributed by atoms with van der Waals surface area (Å²) in [6.07, 6.45) is 6.41. The highest BCUT2D eigenvalue weighted by Crippen LogP contribution is 2.49. The minimum Gasteiger partial charge on any atom is -0.469 e. The summed E-state index contributed by atoms with van der Waals surface area (Å²) in [7, 11) is 1.42. The molecule has 1 N–H and O–H groups in total. The predicted molar refractivity (Wildman–Crippen MR) is 70.0 cm³/mol. The summed E-state index contributed by atoms with van der Waals surface area (Å²) < 4.78 is 4.90. The third-order valence-electron chi connectivity index (χ3n) is 4.79. The van der Waals surface area contributed by atoms with E-state index < -0.39 is 5.60 Å². The van der Waals surface area contributed by atoms with Gasteiger partial charge in [0.2, 0.25) is 0 Å². The molecule has 0 radical (unpaired) electrons. The Morgan fingerprint density at radius 1 is 1.28 bits per heavy atom. The standard InChI is InChI=1S/C15H26O3/c1-10(2)13(14(16)18-3)15(17)8-4-5-12(9-15)11-6-7-11/h10-13,17H,4-9H2,1-3H3. The molecule has 2 fully saturated rings. The lowest BCUT2D eigenvalue weighted by Crippen LogP contribution is -2.49. The second kappa shape index (κ2) is 5.20. The van der Waals surface area contributed by atoms with Crippen molar-refractivity contribution in [2.24, 2.45) is 23.7 Å². The number of esters is 1. The van der Waals surface area contributed by atoms with Crippen molar-refractivity contribution in [3.05, 3.63) is 0 Å². The van der Waals surface area contributed by atoms with Gasteiger partial charge in [-0.3, -0.25) is 4.79 Å². The van der Waals surface area contributed by atoms with Crippen molar-refractivity contribution < 1.29 is 14.6 Å². The second-order valence-electron chi connectivity index (χ2n) is 6.54. The number of hydrogen-bond donors (Lipinski definition) is 1. The first kappa shape index (κ1) is 13.9. The van der Waals surface area contributed by atoms with Crippen LogP contribution in [0, 0.1) is 23.7 Å². The first-order valence-corrected chi connectivity index (χ1v) is 7.28. The van der Waals surface area contributed by atoms with Crippen molar-refractivity contribution >= 4 is 5.97 Å². The molecule has 0 aromatic rings. The van der Waals surface area contributed by atoms with Crippen LogP contribution in [0.4, 0.5) is 0 Å². The molecule has 2 saturated carbocycles. The van der Waals surface area contributed by atoms with Gasteiger partial charge in [-0.05, 0) is 49.9 Å². The van der Waals surface area contributed by atoms with Crippen LogP contribution in [0.2, 0.25) is 0 Å². The Kier molecular flexibility index (Phi) is 4.00. The summed E-state index contributed by atoms with van der Waals surface area (Å²) in [6.45, 7) is 4.00. The van der Waals surface area contributed by atoms with Crippen LogP contribution in [-0.4, -0.2) is 23.8 Å². The molecule has 3 nitrogen and oxygen atoms in total. The van der Waals surface area contributed by atoms with Crippen molar-refractivity contribution in [3.8, 4) is 0 Å². The van der Waals surface area contributed by atoms with Crippen molar-refractivity contribution in [1.82, 2.24) is 0 Å². The first-order chi connectivity index (χ1) is 8.48. The molecule has 2 aliphatic rings. The number of hydrogen-bond acceptors (Lipinski definition) is 3. The molecule has 0 aromatic heterocycles. The first-order valence-electron chi connectivity index (χ1n) is 7.28. The highest BCUT2D eigenvalue weighted by atomic mass is 16.5. The number of rotatable bonds is 4. The molecule has 3 atom stereocenters. The van der Waals surface area contributed by atoms with Gasteiger partial charge in [-0.15, -0.1) is 0 Å². The molecule has 0 aromatic carbocycles. The number of ether oxygens (including phenoxy) is 1. The van der Waals surface area contributed by atoms with Crippen molar-refractivity contribution in [3.63, 3.8) is 0 Å². The van der Waals surface area contributed by atoms with Crippen LogP contribution in [0.1, 0.15) is 52.4 Å². The molecule has 3 unspecified atom stereocenters. The summed E-state index contributed by atoms with van der Waals surface area (Å²) in [4.78, 5) is 12.0. The average molecular weight is 254 g/mol. The summed E-state index contributed by atoms with van der Waals surface area (Å²) in [5, 5.41) is 10.9. The molecular weight excluding hydrogens is 228 g/mol. The fourth-order valence-corrected chi connectivity index (χ4v) is 3.82. The Morgan fingerprint density at radius 2 is 1.94 bits per heavy atom. The number of carbonyl (C=O) groups excluding carboxylic acids is 1. The molecule has 0 heterocycles. The lowest BCUT2D eigenvalue weighted by Gasteiger charge is -2.42. The SMILES string of the molecule is COC(=O)C(C(C)C)C1(O)CCCC(C2CC2)C1. The van der Waals surface area contributed by atoms with Gasteiger partial charge in [-0.2, -0.15) is 0 Å². The van der Waals surface area contributed by atoms with E-state index in [2.05, 4.69) is 0 Å². The van der Waals surface area contributed by atoms with E-state index in [1.807, 2.05) is 13.8 Å². The number of methoxy groups -OCH3 is 1. The van der Waals surface area contributed by atoms with Crippen molar-refractivity contribution in [2.45, 2.75) is 58.0 Å². The molecule has 2 rings (SSSR count). The van der Waals surface area contributed by atoms with Crippen LogP contribution in [0.15, 0.2) is 0 Å².